The predicted octanol–water partition coefficient (Wildman–Crippen LogP) is 5.14. The van der Waals surface area contributed by atoms with Crippen molar-refractivity contribution < 1.29 is 14.2 Å². The van der Waals surface area contributed by atoms with E-state index in [1.54, 1.807) is 12.1 Å². The second kappa shape index (κ2) is 8.54. The van der Waals surface area contributed by atoms with Crippen LogP contribution in [0.25, 0.3) is 10.8 Å². The smallest absolute Gasteiger partial charge is 0.244 e. The Hall–Kier alpha value is -3.53. The van der Waals surface area contributed by atoms with Gasteiger partial charge in [0, 0.05) is 17.5 Å². The van der Waals surface area contributed by atoms with Crippen LogP contribution in [0, 0.1) is 0 Å². The van der Waals surface area contributed by atoms with Crippen molar-refractivity contribution in [1.29, 1.82) is 0 Å². The maximum atomic E-state index is 13.5. The summed E-state index contributed by atoms with van der Waals surface area (Å²) in [5.74, 6) is -0.0991. The van der Waals surface area contributed by atoms with Crippen LogP contribution in [0.4, 0.5) is 0 Å². The maximum Gasteiger partial charge on any atom is 0.244 e. The first kappa shape index (κ1) is 20.4. The van der Waals surface area contributed by atoms with E-state index in [-0.39, 0.29) is 11.6 Å². The average molecular weight is 424 g/mol. The topological polar surface area (TPSA) is 43.0 Å². The molecule has 0 aliphatic heterocycles. The number of carbonyl (C=O) groups excluding carboxylic acids is 2. The van der Waals surface area contributed by atoms with Crippen LogP contribution in [-0.4, -0.2) is 16.1 Å². The fourth-order valence-electron chi connectivity index (χ4n) is 4.79. The zero-order valence-corrected chi connectivity index (χ0v) is 18.4. The lowest BCUT2D eigenvalue weighted by Gasteiger charge is -2.13. The largest absolute Gasteiger partial charge is 0.284 e. The Balaban J connectivity index is 1.54. The molecule has 0 fully saturated rings. The molecule has 0 amide bonds. The third-order valence-electron chi connectivity index (χ3n) is 6.43. The number of aromatic nitrogens is 2. The number of ketones is 2. The molecule has 0 unspecified atom stereocenters. The summed E-state index contributed by atoms with van der Waals surface area (Å²) in [6.45, 7) is 3.57. The Labute approximate surface area is 188 Å². The minimum absolute atomic E-state index is 0.0457. The van der Waals surface area contributed by atoms with Crippen molar-refractivity contribution >= 4 is 22.3 Å². The van der Waals surface area contributed by atoms with Gasteiger partial charge in [-0.2, -0.15) is 0 Å². The van der Waals surface area contributed by atoms with Crippen LogP contribution in [0.1, 0.15) is 63.9 Å². The summed E-state index contributed by atoms with van der Waals surface area (Å²) >= 11 is 0. The molecule has 32 heavy (non-hydrogen) atoms. The summed E-state index contributed by atoms with van der Waals surface area (Å²) in [6.07, 6.45) is 5.97. The Bertz CT molecular complexity index is 1330. The zero-order chi connectivity index (χ0) is 22.1. The highest BCUT2D eigenvalue weighted by molar-refractivity contribution is 6.26. The second-order valence-electron chi connectivity index (χ2n) is 8.50. The van der Waals surface area contributed by atoms with E-state index < -0.39 is 0 Å². The predicted molar refractivity (Wildman–Crippen MR) is 125 cm³/mol. The fourth-order valence-corrected chi connectivity index (χ4v) is 4.79. The Morgan fingerprint density at radius 3 is 2.34 bits per heavy atom. The molecular formula is C28H27N2O2+. The number of rotatable bonds is 7. The van der Waals surface area contributed by atoms with Crippen molar-refractivity contribution in [3.8, 4) is 0 Å². The number of imidazole rings is 1. The number of aryl methyl sites for hydroxylation is 3. The molecule has 0 radical (unpaired) electrons. The lowest BCUT2D eigenvalue weighted by Crippen LogP contribution is -2.40. The highest BCUT2D eigenvalue weighted by Crippen LogP contribution is 2.27. The number of hydrogen-bond donors (Lipinski definition) is 0. The minimum Gasteiger partial charge on any atom is -0.284 e. The van der Waals surface area contributed by atoms with Gasteiger partial charge in [0.2, 0.25) is 29.3 Å². The van der Waals surface area contributed by atoms with Crippen molar-refractivity contribution in [1.82, 2.24) is 4.57 Å². The molecule has 3 aromatic carbocycles. The Morgan fingerprint density at radius 1 is 0.812 bits per heavy atom. The van der Waals surface area contributed by atoms with Crippen molar-refractivity contribution in [3.63, 3.8) is 0 Å². The molecule has 1 heterocycles. The van der Waals surface area contributed by atoms with E-state index in [9.17, 15) is 9.59 Å². The number of hydrogen-bond acceptors (Lipinski definition) is 2. The van der Waals surface area contributed by atoms with Gasteiger partial charge in [0.15, 0.2) is 0 Å². The summed E-state index contributed by atoms with van der Waals surface area (Å²) < 4.78 is 4.00. The first-order valence-electron chi connectivity index (χ1n) is 11.5. The number of nitrogens with zero attached hydrogens (tertiary/aromatic N) is 2. The lowest BCUT2D eigenvalue weighted by atomic mass is 9.90. The first-order chi connectivity index (χ1) is 15.7. The highest BCUT2D eigenvalue weighted by Gasteiger charge is 2.40. The van der Waals surface area contributed by atoms with E-state index in [2.05, 4.69) is 49.4 Å². The van der Waals surface area contributed by atoms with Gasteiger partial charge < -0.3 is 0 Å². The maximum absolute atomic E-state index is 13.5. The standard InChI is InChI=1S/C28H27N2O2/c1-2-3-8-17-29-19-30(18-16-21-12-9-11-20-10-4-5-13-22(20)21)26-25(29)27(31)23-14-6-7-15-24(23)28(26)32/h4-7,9-15,19H,2-3,8,16-18H2,1H3/q+1. The van der Waals surface area contributed by atoms with Crippen LogP contribution in [-0.2, 0) is 19.5 Å². The first-order valence-corrected chi connectivity index (χ1v) is 11.5. The molecule has 1 aliphatic rings. The van der Waals surface area contributed by atoms with Crippen LogP contribution in [0.15, 0.2) is 73.1 Å². The van der Waals surface area contributed by atoms with Gasteiger partial charge in [0.1, 0.15) is 0 Å². The van der Waals surface area contributed by atoms with Gasteiger partial charge in [-0.1, -0.05) is 80.1 Å². The third-order valence-corrected chi connectivity index (χ3v) is 6.43. The lowest BCUT2D eigenvalue weighted by molar-refractivity contribution is -0.698. The Morgan fingerprint density at radius 2 is 1.53 bits per heavy atom. The van der Waals surface area contributed by atoms with Crippen LogP contribution < -0.4 is 4.57 Å². The summed E-state index contributed by atoms with van der Waals surface area (Å²) in [4.78, 5) is 26.8. The molecule has 1 aromatic heterocycles. The number of benzene rings is 3. The monoisotopic (exact) mass is 423 g/mol. The van der Waals surface area contributed by atoms with Gasteiger partial charge in [-0.3, -0.25) is 9.59 Å². The van der Waals surface area contributed by atoms with Gasteiger partial charge in [-0.25, -0.2) is 9.13 Å². The summed E-state index contributed by atoms with van der Waals surface area (Å²) in [6, 6.07) is 21.9. The van der Waals surface area contributed by atoms with E-state index in [1.807, 2.05) is 27.6 Å². The zero-order valence-electron chi connectivity index (χ0n) is 18.4. The second-order valence-corrected chi connectivity index (χ2v) is 8.50. The average Bonchev–Trinajstić information content (AvgIpc) is 3.20. The van der Waals surface area contributed by atoms with Gasteiger partial charge in [-0.15, -0.1) is 0 Å². The molecular weight excluding hydrogens is 396 g/mol. The molecule has 0 N–H and O–H groups in total. The quantitative estimate of drug-likeness (QED) is 0.269. The van der Waals surface area contributed by atoms with Crippen molar-refractivity contribution in [2.45, 2.75) is 45.7 Å². The fraction of sp³-hybridized carbons (Fsp3) is 0.250. The Kier molecular flexibility index (Phi) is 5.44. The summed E-state index contributed by atoms with van der Waals surface area (Å²) in [7, 11) is 0. The van der Waals surface area contributed by atoms with Crippen LogP contribution >= 0.6 is 0 Å². The number of carbonyl (C=O) groups is 2. The third kappa shape index (κ3) is 3.46. The summed E-state index contributed by atoms with van der Waals surface area (Å²) in [5, 5.41) is 2.45. The molecule has 4 nitrogen and oxygen atoms in total. The molecule has 0 spiro atoms. The molecule has 0 bridgehead atoms. The molecule has 0 saturated carbocycles. The van der Waals surface area contributed by atoms with Crippen LogP contribution in [0.5, 0.6) is 0 Å². The molecule has 160 valence electrons. The van der Waals surface area contributed by atoms with Crippen LogP contribution in [0.2, 0.25) is 0 Å². The summed E-state index contributed by atoms with van der Waals surface area (Å²) in [5.41, 5.74) is 3.35. The van der Waals surface area contributed by atoms with Gasteiger partial charge in [0.05, 0.1) is 13.1 Å². The normalized spacial score (nSPS) is 12.8. The number of unbranched alkanes of at least 4 members (excludes halogenated alkanes) is 2. The van der Waals surface area contributed by atoms with E-state index in [0.717, 1.165) is 32.2 Å². The van der Waals surface area contributed by atoms with Crippen LogP contribution in [0.3, 0.4) is 0 Å². The molecule has 1 aliphatic carbocycles. The van der Waals surface area contributed by atoms with E-state index >= 15 is 0 Å². The van der Waals surface area contributed by atoms with E-state index in [1.165, 1.54) is 16.3 Å². The SMILES string of the molecule is CCCCC[n+]1cn(CCc2cccc3ccccc23)c2c1C(=O)c1ccccc1C2=O. The van der Waals surface area contributed by atoms with Gasteiger partial charge >= 0.3 is 0 Å². The highest BCUT2D eigenvalue weighted by atomic mass is 16.1. The van der Waals surface area contributed by atoms with Crippen molar-refractivity contribution in [2.75, 3.05) is 0 Å². The van der Waals surface area contributed by atoms with Gasteiger partial charge in [-0.05, 0) is 29.2 Å². The molecule has 0 atom stereocenters. The van der Waals surface area contributed by atoms with Crippen molar-refractivity contribution in [3.05, 3.63) is 101 Å². The molecule has 4 aromatic rings. The molecule has 5 rings (SSSR count). The number of fused-ring (bicyclic) bond motifs is 3. The molecule has 4 heteroatoms. The van der Waals surface area contributed by atoms with E-state index in [4.69, 9.17) is 0 Å². The van der Waals surface area contributed by atoms with Gasteiger partial charge in [0.25, 0.3) is 0 Å². The minimum atomic E-state index is -0.0534. The van der Waals surface area contributed by atoms with Crippen molar-refractivity contribution in [2.24, 2.45) is 0 Å². The molecule has 0 saturated heterocycles. The van der Waals surface area contributed by atoms with E-state index in [0.29, 0.717) is 29.1 Å².